The summed E-state index contributed by atoms with van der Waals surface area (Å²) in [6, 6.07) is 0. The van der Waals surface area contributed by atoms with E-state index in [9.17, 15) is 0 Å². The van der Waals surface area contributed by atoms with Gasteiger partial charge in [0.1, 0.15) is 0 Å². The first-order chi connectivity index (χ1) is 11.6. The summed E-state index contributed by atoms with van der Waals surface area (Å²) < 4.78 is 12.9. The summed E-state index contributed by atoms with van der Waals surface area (Å²) in [5.41, 5.74) is -0.234. The molecule has 0 fully saturated rings. The molecule has 0 aliphatic rings. The Hall–Kier alpha value is 0.314. The maximum Gasteiger partial charge on any atom is 0.0794 e. The molecule has 25 heavy (non-hydrogen) atoms. The Morgan fingerprint density at radius 3 is 1.16 bits per heavy atom. The van der Waals surface area contributed by atoms with Crippen molar-refractivity contribution >= 4 is 20.5 Å². The molecule has 0 aromatic carbocycles. The lowest BCUT2D eigenvalue weighted by Gasteiger charge is -2.56. The molecule has 0 aromatic heterocycles. The smallest absolute Gasteiger partial charge is 0.0794 e. The van der Waals surface area contributed by atoms with Gasteiger partial charge in [0.15, 0.2) is 0 Å². The van der Waals surface area contributed by atoms with Gasteiger partial charge in [-0.25, -0.2) is 0 Å². The van der Waals surface area contributed by atoms with Crippen LogP contribution >= 0.6 is 0 Å². The van der Waals surface area contributed by atoms with E-state index >= 15 is 0 Å². The fourth-order valence-corrected chi connectivity index (χ4v) is 6.36. The third-order valence-electron chi connectivity index (χ3n) is 6.90. The third-order valence-corrected chi connectivity index (χ3v) is 10.9. The maximum atomic E-state index is 6.45. The van der Waals surface area contributed by atoms with E-state index in [2.05, 4.69) is 60.7 Å². The Kier molecular flexibility index (Phi) is 10.7. The van der Waals surface area contributed by atoms with Crippen molar-refractivity contribution in [1.82, 2.24) is 5.32 Å². The minimum atomic E-state index is -0.117. The Bertz CT molecular complexity index is 351. The van der Waals surface area contributed by atoms with Crippen LogP contribution in [0.3, 0.4) is 0 Å². The normalized spacial score (nSPS) is 22.1. The minimum absolute atomic E-state index is 0.0562. The van der Waals surface area contributed by atoms with Crippen LogP contribution in [0.5, 0.6) is 0 Å². The highest BCUT2D eigenvalue weighted by Gasteiger charge is 2.51. The van der Waals surface area contributed by atoms with E-state index in [4.69, 9.17) is 9.47 Å². The zero-order valence-electron chi connectivity index (χ0n) is 19.0. The van der Waals surface area contributed by atoms with Gasteiger partial charge in [-0.2, -0.15) is 0 Å². The molecule has 0 aliphatic carbocycles. The van der Waals surface area contributed by atoms with Crippen LogP contribution in [0.1, 0.15) is 93.9 Å². The molecular weight excluding hydrogens is 342 g/mol. The van der Waals surface area contributed by atoms with Crippen molar-refractivity contribution in [2.75, 3.05) is 13.2 Å². The lowest BCUT2D eigenvalue weighted by molar-refractivity contribution is -0.112. The average molecular weight is 390 g/mol. The number of hydrogen-bond acceptors (Lipinski definition) is 3. The molecule has 0 radical (unpaired) electrons. The van der Waals surface area contributed by atoms with E-state index in [1.54, 1.807) is 0 Å². The summed E-state index contributed by atoms with van der Waals surface area (Å²) in [6.07, 6.45) is 6.43. The molecule has 1 N–H and O–H groups in total. The van der Waals surface area contributed by atoms with Crippen LogP contribution < -0.4 is 5.32 Å². The highest BCUT2D eigenvalue weighted by Crippen LogP contribution is 2.37. The van der Waals surface area contributed by atoms with Crippen LogP contribution in [0.2, 0.25) is 0 Å². The molecule has 4 unspecified atom stereocenters. The van der Waals surface area contributed by atoms with E-state index in [-0.39, 0.29) is 21.5 Å². The van der Waals surface area contributed by atoms with Crippen LogP contribution in [0, 0.1) is 0 Å². The second-order valence-electron chi connectivity index (χ2n) is 8.36. The fourth-order valence-electron chi connectivity index (χ4n) is 3.76. The molecule has 0 aliphatic heterocycles. The zero-order valence-corrected chi connectivity index (χ0v) is 23.0. The van der Waals surface area contributed by atoms with Gasteiger partial charge < -0.3 is 14.8 Å². The fraction of sp³-hybridized carbons (Fsp3) is 1.00. The molecule has 0 saturated heterocycles. The molecule has 0 rings (SSSR count). The summed E-state index contributed by atoms with van der Waals surface area (Å²) in [5, 5.41) is 4.29. The average Bonchev–Trinajstić information content (AvgIpc) is 2.63. The molecule has 5 heteroatoms. The minimum Gasteiger partial charge on any atom is -0.374 e. The van der Waals surface area contributed by atoms with Crippen LogP contribution in [0.4, 0.5) is 0 Å². The molecule has 4 atom stereocenters. The second kappa shape index (κ2) is 10.6. The lowest BCUT2D eigenvalue weighted by atomic mass is 9.84. The summed E-state index contributed by atoms with van der Waals surface area (Å²) in [6.45, 7) is 19.9. The van der Waals surface area contributed by atoms with Gasteiger partial charge in [0, 0.05) is 44.0 Å². The number of hydrogen-bond donors (Lipinski definition) is 1. The monoisotopic (exact) mass is 389 g/mol. The molecule has 0 aromatic rings. The highest BCUT2D eigenvalue weighted by atomic mass is 28.2. The van der Waals surface area contributed by atoms with E-state index in [0.717, 1.165) is 72.2 Å². The summed E-state index contributed by atoms with van der Waals surface area (Å²) in [7, 11) is 2.12. The van der Waals surface area contributed by atoms with Crippen molar-refractivity contribution < 1.29 is 9.47 Å². The van der Waals surface area contributed by atoms with Crippen LogP contribution in [-0.4, -0.2) is 55.2 Å². The largest absolute Gasteiger partial charge is 0.374 e. The molecule has 3 nitrogen and oxygen atoms in total. The quantitative estimate of drug-likeness (QED) is 0.463. The molecule has 0 bridgehead atoms. The van der Waals surface area contributed by atoms with Crippen molar-refractivity contribution in [2.24, 2.45) is 0 Å². The van der Waals surface area contributed by atoms with E-state index < -0.39 is 0 Å². The lowest BCUT2D eigenvalue weighted by Crippen LogP contribution is -2.74. The molecule has 0 heterocycles. The van der Waals surface area contributed by atoms with E-state index in [1.807, 2.05) is 0 Å². The topological polar surface area (TPSA) is 30.5 Å². The van der Waals surface area contributed by atoms with Gasteiger partial charge in [-0.15, -0.1) is 0 Å². The first kappa shape index (κ1) is 25.3. The Balaban J connectivity index is 5.77. The van der Waals surface area contributed by atoms with Gasteiger partial charge in [-0.05, 0) is 52.4 Å². The SMILES string of the molecule is CCCOC(C)(CC)C([SiH3])(CC)NC([SiH3])(CC)C(C)(CC)OCCC. The maximum absolute atomic E-state index is 6.45. The van der Waals surface area contributed by atoms with Gasteiger partial charge in [-0.1, -0.05) is 41.5 Å². The van der Waals surface area contributed by atoms with Gasteiger partial charge in [-0.3, -0.25) is 0 Å². The Labute approximate surface area is 164 Å². The second-order valence-corrected chi connectivity index (χ2v) is 11.8. The standard InChI is InChI=1S/C20H47NO2Si2/c1-9-15-22-17(7,11-3)19(24,13-5)21-20(25,14-6)18(8,12-4)23-16-10-2/h21H,9-16H2,1-8,24-25H3. The van der Waals surface area contributed by atoms with Gasteiger partial charge >= 0.3 is 0 Å². The van der Waals surface area contributed by atoms with Gasteiger partial charge in [0.25, 0.3) is 0 Å². The Morgan fingerprint density at radius 1 is 0.640 bits per heavy atom. The van der Waals surface area contributed by atoms with E-state index in [1.165, 1.54) is 0 Å². The van der Waals surface area contributed by atoms with Gasteiger partial charge in [0.05, 0.1) is 11.2 Å². The van der Waals surface area contributed by atoms with Crippen molar-refractivity contribution in [3.63, 3.8) is 0 Å². The first-order valence-corrected chi connectivity index (χ1v) is 12.6. The third kappa shape index (κ3) is 5.64. The van der Waals surface area contributed by atoms with Crippen LogP contribution in [0.15, 0.2) is 0 Å². The summed E-state index contributed by atoms with van der Waals surface area (Å²) in [4.78, 5) is 0. The first-order valence-electron chi connectivity index (χ1n) is 10.6. The molecule has 152 valence electrons. The summed E-state index contributed by atoms with van der Waals surface area (Å²) >= 11 is 0. The number of rotatable bonds is 14. The predicted octanol–water partition coefficient (Wildman–Crippen LogP) is 2.71. The highest BCUT2D eigenvalue weighted by molar-refractivity contribution is 6.19. The van der Waals surface area contributed by atoms with Crippen molar-refractivity contribution in [1.29, 1.82) is 0 Å². The van der Waals surface area contributed by atoms with Crippen LogP contribution in [-0.2, 0) is 9.47 Å². The molecule has 0 amide bonds. The van der Waals surface area contributed by atoms with Crippen molar-refractivity contribution in [3.05, 3.63) is 0 Å². The predicted molar refractivity (Wildman–Crippen MR) is 119 cm³/mol. The number of ether oxygens (including phenoxy) is 2. The van der Waals surface area contributed by atoms with Crippen molar-refractivity contribution in [2.45, 2.75) is 115 Å². The molecular formula is C20H47NO2Si2. The summed E-state index contributed by atoms with van der Waals surface area (Å²) in [5.74, 6) is 0. The van der Waals surface area contributed by atoms with Gasteiger partial charge in [0.2, 0.25) is 0 Å². The Morgan fingerprint density at radius 2 is 0.960 bits per heavy atom. The van der Waals surface area contributed by atoms with Crippen LogP contribution in [0.25, 0.3) is 0 Å². The zero-order chi connectivity index (χ0) is 19.8. The van der Waals surface area contributed by atoms with Crippen molar-refractivity contribution in [3.8, 4) is 0 Å². The molecule has 0 saturated carbocycles. The molecule has 0 spiro atoms. The number of nitrogens with one attached hydrogen (secondary N) is 1. The van der Waals surface area contributed by atoms with E-state index in [0.29, 0.717) is 0 Å².